The molecule has 4 aromatic rings. The fourth-order valence-corrected chi connectivity index (χ4v) is 4.20. The molecule has 34 heavy (non-hydrogen) atoms. The van der Waals surface area contributed by atoms with E-state index in [9.17, 15) is 14.7 Å². The van der Waals surface area contributed by atoms with Gasteiger partial charge in [0.05, 0.1) is 17.1 Å². The monoisotopic (exact) mass is 450 g/mol. The van der Waals surface area contributed by atoms with Crippen LogP contribution in [0.3, 0.4) is 0 Å². The van der Waals surface area contributed by atoms with Crippen molar-refractivity contribution in [3.8, 4) is 11.6 Å². The van der Waals surface area contributed by atoms with Gasteiger partial charge in [0.25, 0.3) is 11.6 Å². The van der Waals surface area contributed by atoms with Crippen molar-refractivity contribution in [1.82, 2.24) is 9.78 Å². The van der Waals surface area contributed by atoms with Crippen molar-refractivity contribution >= 4 is 28.8 Å². The average Bonchev–Trinajstić information content (AvgIpc) is 3.30. The Balaban J connectivity index is 1.76. The van der Waals surface area contributed by atoms with Crippen LogP contribution >= 0.6 is 0 Å². The van der Waals surface area contributed by atoms with Crippen LogP contribution in [0.1, 0.15) is 23.7 Å². The van der Waals surface area contributed by atoms with Gasteiger partial charge < -0.3 is 5.11 Å². The molecule has 0 radical (unpaired) electrons. The third kappa shape index (κ3) is 3.38. The second kappa shape index (κ2) is 8.44. The molecule has 0 bridgehead atoms. The van der Waals surface area contributed by atoms with Crippen molar-refractivity contribution in [2.45, 2.75) is 20.3 Å². The summed E-state index contributed by atoms with van der Waals surface area (Å²) >= 11 is 0. The summed E-state index contributed by atoms with van der Waals surface area (Å²) in [7, 11) is 0. The van der Waals surface area contributed by atoms with Gasteiger partial charge in [0.2, 0.25) is 0 Å². The lowest BCUT2D eigenvalue weighted by molar-refractivity contribution is -0.577. The van der Waals surface area contributed by atoms with Gasteiger partial charge in [-0.3, -0.25) is 9.59 Å². The number of anilines is 1. The SMILES string of the molecule is CCc1ccc[n+](C2=C(c3c(C)nn(-c4ccccc4)c3[O-])C(=O)N(c3ccccc3)C2=O)c1. The lowest BCUT2D eigenvalue weighted by Gasteiger charge is -2.15. The average molecular weight is 450 g/mol. The molecule has 1 aliphatic rings. The number of carbonyl (C=O) groups is 2. The molecule has 2 aromatic heterocycles. The minimum absolute atomic E-state index is 0.0526. The molecule has 1 aliphatic heterocycles. The predicted octanol–water partition coefficient (Wildman–Crippen LogP) is 3.05. The Morgan fingerprint density at radius 1 is 0.882 bits per heavy atom. The highest BCUT2D eigenvalue weighted by Crippen LogP contribution is 2.38. The summed E-state index contributed by atoms with van der Waals surface area (Å²) in [5.74, 6) is -1.48. The van der Waals surface area contributed by atoms with Gasteiger partial charge in [0.15, 0.2) is 12.4 Å². The molecule has 0 saturated carbocycles. The summed E-state index contributed by atoms with van der Waals surface area (Å²) in [6, 6.07) is 21.5. The highest BCUT2D eigenvalue weighted by molar-refractivity contribution is 6.53. The first-order valence-corrected chi connectivity index (χ1v) is 11.0. The van der Waals surface area contributed by atoms with Crippen molar-refractivity contribution in [1.29, 1.82) is 0 Å². The Bertz CT molecular complexity index is 1440. The molecule has 2 amide bonds. The van der Waals surface area contributed by atoms with E-state index in [1.807, 2.05) is 49.5 Å². The first-order valence-electron chi connectivity index (χ1n) is 11.0. The molecule has 0 fully saturated rings. The van der Waals surface area contributed by atoms with Crippen molar-refractivity contribution < 1.29 is 19.3 Å². The molecule has 0 aliphatic carbocycles. The fraction of sp³-hybridized carbons (Fsp3) is 0.111. The van der Waals surface area contributed by atoms with E-state index in [4.69, 9.17) is 0 Å². The number of imide groups is 1. The number of carbonyl (C=O) groups excluding carboxylic acids is 2. The molecule has 0 spiro atoms. The van der Waals surface area contributed by atoms with Gasteiger partial charge in [-0.25, -0.2) is 9.58 Å². The van der Waals surface area contributed by atoms with Crippen molar-refractivity contribution in [2.75, 3.05) is 4.90 Å². The van der Waals surface area contributed by atoms with Crippen LogP contribution in [0.25, 0.3) is 17.0 Å². The number of benzene rings is 2. The predicted molar refractivity (Wildman–Crippen MR) is 126 cm³/mol. The first kappa shape index (κ1) is 21.3. The minimum Gasteiger partial charge on any atom is -0.858 e. The maximum Gasteiger partial charge on any atom is 0.331 e. The third-order valence-electron chi connectivity index (χ3n) is 5.87. The molecule has 2 aromatic carbocycles. The molecule has 0 atom stereocenters. The molecular weight excluding hydrogens is 428 g/mol. The lowest BCUT2D eigenvalue weighted by atomic mass is 10.0. The van der Waals surface area contributed by atoms with Crippen LogP contribution in [0, 0.1) is 6.92 Å². The fourth-order valence-electron chi connectivity index (χ4n) is 4.20. The molecular formula is C27H22N4O3. The van der Waals surface area contributed by atoms with Crippen LogP contribution in [0.2, 0.25) is 0 Å². The molecule has 3 heterocycles. The second-order valence-corrected chi connectivity index (χ2v) is 7.99. The van der Waals surface area contributed by atoms with E-state index in [2.05, 4.69) is 5.10 Å². The number of aromatic nitrogens is 3. The topological polar surface area (TPSA) is 82.1 Å². The summed E-state index contributed by atoms with van der Waals surface area (Å²) in [6.07, 6.45) is 4.29. The standard InChI is InChI=1S/C27H22N4O3/c1-3-19-11-10-16-29(17-19)24-23(25(32)30(27(24)34)20-12-6-4-7-13-20)22-18(2)28-31(26(22)33)21-14-8-5-9-15-21/h4-17H,3H2,1-2H3. The molecule has 168 valence electrons. The number of amides is 2. The molecule has 7 heteroatoms. The van der Waals surface area contributed by atoms with Gasteiger partial charge in [-0.15, -0.1) is 0 Å². The summed E-state index contributed by atoms with van der Waals surface area (Å²) < 4.78 is 2.90. The van der Waals surface area contributed by atoms with E-state index >= 15 is 0 Å². The van der Waals surface area contributed by atoms with E-state index in [-0.39, 0.29) is 16.8 Å². The number of rotatable bonds is 5. The van der Waals surface area contributed by atoms with Crippen LogP contribution < -0.4 is 14.6 Å². The van der Waals surface area contributed by atoms with Gasteiger partial charge >= 0.3 is 5.91 Å². The zero-order valence-corrected chi connectivity index (χ0v) is 18.8. The number of aryl methyl sites for hydroxylation is 2. The van der Waals surface area contributed by atoms with Crippen molar-refractivity contribution in [3.05, 3.63) is 102 Å². The van der Waals surface area contributed by atoms with E-state index < -0.39 is 17.7 Å². The van der Waals surface area contributed by atoms with Crippen LogP contribution in [0.15, 0.2) is 85.2 Å². The van der Waals surface area contributed by atoms with Crippen LogP contribution in [0.5, 0.6) is 5.88 Å². The zero-order chi connectivity index (χ0) is 23.8. The highest BCUT2D eigenvalue weighted by Gasteiger charge is 2.47. The van der Waals surface area contributed by atoms with Crippen molar-refractivity contribution in [2.24, 2.45) is 0 Å². The van der Waals surface area contributed by atoms with E-state index in [1.165, 1.54) is 4.68 Å². The van der Waals surface area contributed by atoms with Gasteiger partial charge in [0, 0.05) is 17.2 Å². The van der Waals surface area contributed by atoms with E-state index in [0.717, 1.165) is 16.9 Å². The summed E-state index contributed by atoms with van der Waals surface area (Å²) in [5, 5.41) is 18.0. The molecule has 0 N–H and O–H groups in total. The largest absolute Gasteiger partial charge is 0.858 e. The molecule has 0 unspecified atom stereocenters. The Labute approximate surface area is 196 Å². The van der Waals surface area contributed by atoms with Crippen LogP contribution in [-0.4, -0.2) is 21.6 Å². The molecule has 5 rings (SSSR count). The minimum atomic E-state index is -0.548. The Morgan fingerprint density at radius 3 is 2.18 bits per heavy atom. The normalized spacial score (nSPS) is 13.8. The maximum atomic E-state index is 13.8. The number of para-hydroxylation sites is 2. The Morgan fingerprint density at radius 2 is 1.53 bits per heavy atom. The number of hydrogen-bond donors (Lipinski definition) is 0. The zero-order valence-electron chi connectivity index (χ0n) is 18.8. The van der Waals surface area contributed by atoms with Crippen LogP contribution in [0.4, 0.5) is 5.69 Å². The smallest absolute Gasteiger partial charge is 0.331 e. The highest BCUT2D eigenvalue weighted by atomic mass is 16.3. The first-order chi connectivity index (χ1) is 16.5. The van der Waals surface area contributed by atoms with Gasteiger partial charge in [-0.1, -0.05) is 43.3 Å². The van der Waals surface area contributed by atoms with Crippen molar-refractivity contribution in [3.63, 3.8) is 0 Å². The lowest BCUT2D eigenvalue weighted by Crippen LogP contribution is -2.40. The summed E-state index contributed by atoms with van der Waals surface area (Å²) in [4.78, 5) is 28.6. The van der Waals surface area contributed by atoms with Gasteiger partial charge in [0.1, 0.15) is 5.57 Å². The van der Waals surface area contributed by atoms with E-state index in [0.29, 0.717) is 17.1 Å². The Hall–Kier alpha value is -4.52. The van der Waals surface area contributed by atoms with Crippen LogP contribution in [-0.2, 0) is 16.0 Å². The molecule has 0 saturated heterocycles. The molecule has 7 nitrogen and oxygen atoms in total. The maximum absolute atomic E-state index is 13.8. The number of nitrogens with zero attached hydrogens (tertiary/aromatic N) is 4. The number of pyridine rings is 1. The van der Waals surface area contributed by atoms with Gasteiger partial charge in [-0.05, 0) is 49.6 Å². The van der Waals surface area contributed by atoms with Gasteiger partial charge in [-0.2, -0.15) is 9.67 Å². The summed E-state index contributed by atoms with van der Waals surface area (Å²) in [5.41, 5.74) is 2.72. The third-order valence-corrected chi connectivity index (χ3v) is 5.87. The Kier molecular flexibility index (Phi) is 5.30. The van der Waals surface area contributed by atoms with E-state index in [1.54, 1.807) is 54.1 Å². The quantitative estimate of drug-likeness (QED) is 0.346. The summed E-state index contributed by atoms with van der Waals surface area (Å²) in [6.45, 7) is 3.69. The number of hydrogen-bond acceptors (Lipinski definition) is 4. The second-order valence-electron chi connectivity index (χ2n) is 7.99.